The van der Waals surface area contributed by atoms with Crippen LogP contribution in [0, 0.1) is 0 Å². The van der Waals surface area contributed by atoms with Crippen molar-refractivity contribution in [1.29, 1.82) is 0 Å². The summed E-state index contributed by atoms with van der Waals surface area (Å²) >= 11 is 0. The van der Waals surface area contributed by atoms with Crippen LogP contribution in [-0.2, 0) is 4.74 Å². The van der Waals surface area contributed by atoms with Gasteiger partial charge in [0, 0.05) is 0 Å². The SMILES string of the molecule is C=C(C)C(=[OH+])OCCOc1ccc(C(=O)Oc2ccc(C(=O)Oc3ccc(OCCC)cc3)cc2)cc1. The van der Waals surface area contributed by atoms with Crippen LogP contribution in [0.25, 0.3) is 0 Å². The fraction of sp³-hybridized carbons (Fsp3) is 0.207. The predicted octanol–water partition coefficient (Wildman–Crippen LogP) is 5.39. The summed E-state index contributed by atoms with van der Waals surface area (Å²) in [6, 6.07) is 19.3. The van der Waals surface area contributed by atoms with E-state index in [1.807, 2.05) is 6.92 Å². The molecule has 0 fully saturated rings. The molecular weight excluding hydrogens is 476 g/mol. The van der Waals surface area contributed by atoms with Crippen LogP contribution < -0.4 is 18.9 Å². The molecule has 192 valence electrons. The highest BCUT2D eigenvalue weighted by atomic mass is 16.6. The third kappa shape index (κ3) is 8.54. The zero-order chi connectivity index (χ0) is 26.6. The van der Waals surface area contributed by atoms with Gasteiger partial charge < -0.3 is 28.5 Å². The number of benzene rings is 3. The zero-order valence-corrected chi connectivity index (χ0v) is 20.8. The Balaban J connectivity index is 1.47. The lowest BCUT2D eigenvalue weighted by atomic mass is 10.2. The van der Waals surface area contributed by atoms with Crippen molar-refractivity contribution >= 4 is 17.9 Å². The van der Waals surface area contributed by atoms with Crippen molar-refractivity contribution in [3.63, 3.8) is 0 Å². The first-order chi connectivity index (χ1) is 17.9. The first kappa shape index (κ1) is 27.0. The summed E-state index contributed by atoms with van der Waals surface area (Å²) in [4.78, 5) is 34.3. The molecule has 0 aliphatic carbocycles. The summed E-state index contributed by atoms with van der Waals surface area (Å²) in [5, 5.41) is 0. The maximum Gasteiger partial charge on any atom is 0.512 e. The molecule has 3 rings (SSSR count). The minimum absolute atomic E-state index is 0.145. The van der Waals surface area contributed by atoms with Crippen molar-refractivity contribution in [2.24, 2.45) is 0 Å². The molecule has 0 aliphatic heterocycles. The maximum atomic E-state index is 12.5. The van der Waals surface area contributed by atoms with Gasteiger partial charge >= 0.3 is 17.9 Å². The minimum atomic E-state index is -0.559. The van der Waals surface area contributed by atoms with E-state index in [0.717, 1.165) is 6.42 Å². The number of carbonyl (C=O) groups is 2. The molecule has 0 amide bonds. The van der Waals surface area contributed by atoms with E-state index in [1.165, 1.54) is 24.3 Å². The molecule has 8 heteroatoms. The van der Waals surface area contributed by atoms with Gasteiger partial charge in [0.25, 0.3) is 0 Å². The molecule has 3 aromatic rings. The predicted molar refractivity (Wildman–Crippen MR) is 138 cm³/mol. The molecule has 0 aliphatic rings. The van der Waals surface area contributed by atoms with Gasteiger partial charge in [-0.3, -0.25) is 0 Å². The Kier molecular flexibility index (Phi) is 9.84. The maximum absolute atomic E-state index is 12.5. The highest BCUT2D eigenvalue weighted by molar-refractivity contribution is 5.92. The van der Waals surface area contributed by atoms with Crippen molar-refractivity contribution < 1.29 is 38.1 Å². The quantitative estimate of drug-likeness (QED) is 0.107. The van der Waals surface area contributed by atoms with Gasteiger partial charge in [-0.15, -0.1) is 0 Å². The molecule has 0 aromatic heterocycles. The molecule has 37 heavy (non-hydrogen) atoms. The van der Waals surface area contributed by atoms with Gasteiger partial charge in [0.1, 0.15) is 29.6 Å². The van der Waals surface area contributed by atoms with Crippen LogP contribution >= 0.6 is 0 Å². The zero-order valence-electron chi connectivity index (χ0n) is 20.8. The van der Waals surface area contributed by atoms with Crippen LogP contribution in [0.15, 0.2) is 84.9 Å². The molecule has 0 atom stereocenters. The van der Waals surface area contributed by atoms with Crippen LogP contribution in [0.1, 0.15) is 41.0 Å². The molecule has 0 bridgehead atoms. The van der Waals surface area contributed by atoms with Gasteiger partial charge in [-0.05, 0) is 86.1 Å². The summed E-state index contributed by atoms with van der Waals surface area (Å²) in [7, 11) is 0. The van der Waals surface area contributed by atoms with E-state index in [9.17, 15) is 14.4 Å². The fourth-order valence-corrected chi connectivity index (χ4v) is 2.92. The van der Waals surface area contributed by atoms with Gasteiger partial charge in [-0.25, -0.2) is 9.59 Å². The molecule has 0 saturated carbocycles. The Labute approximate surface area is 215 Å². The molecule has 0 saturated heterocycles. The van der Waals surface area contributed by atoms with Crippen molar-refractivity contribution in [2.45, 2.75) is 20.3 Å². The second-order valence-corrected chi connectivity index (χ2v) is 7.93. The molecule has 0 spiro atoms. The Bertz CT molecular complexity index is 1210. The van der Waals surface area contributed by atoms with Crippen LogP contribution in [-0.4, -0.2) is 42.5 Å². The lowest BCUT2D eigenvalue weighted by molar-refractivity contribution is 0.0730. The first-order valence-corrected chi connectivity index (χ1v) is 11.7. The number of rotatable bonds is 12. The minimum Gasteiger partial charge on any atom is -0.494 e. The Morgan fingerprint density at radius 1 is 0.676 bits per heavy atom. The Morgan fingerprint density at radius 2 is 1.08 bits per heavy atom. The fourth-order valence-electron chi connectivity index (χ4n) is 2.92. The molecule has 0 unspecified atom stereocenters. The first-order valence-electron chi connectivity index (χ1n) is 11.7. The standard InChI is InChI=1S/C29H28O8/c1-4-17-33-24-13-15-26(16-14-24)37-29(32)22-7-11-25(12-8-22)36-28(31)21-5-9-23(10-6-21)34-18-19-35-27(30)20(2)3/h5-16H,2,4,17-19H2,1,3H3/p+1. The second kappa shape index (κ2) is 13.5. The summed E-state index contributed by atoms with van der Waals surface area (Å²) in [5.74, 6) is 0.595. The lowest BCUT2D eigenvalue weighted by Gasteiger charge is -2.08. The number of esters is 3. The van der Waals surface area contributed by atoms with E-state index in [2.05, 4.69) is 6.58 Å². The van der Waals surface area contributed by atoms with E-state index >= 15 is 0 Å². The van der Waals surface area contributed by atoms with Gasteiger partial charge in [0.2, 0.25) is 6.61 Å². The monoisotopic (exact) mass is 505 g/mol. The van der Waals surface area contributed by atoms with E-state index in [0.29, 0.717) is 40.6 Å². The van der Waals surface area contributed by atoms with Crippen LogP contribution in [0.3, 0.4) is 0 Å². The average Bonchev–Trinajstić information content (AvgIpc) is 2.91. The number of hydrogen-bond donors (Lipinski definition) is 0. The van der Waals surface area contributed by atoms with Crippen LogP contribution in [0.4, 0.5) is 0 Å². The molecule has 3 aromatic carbocycles. The average molecular weight is 506 g/mol. The van der Waals surface area contributed by atoms with Crippen LogP contribution in [0.5, 0.6) is 23.0 Å². The van der Waals surface area contributed by atoms with E-state index in [1.54, 1.807) is 55.5 Å². The summed E-state index contributed by atoms with van der Waals surface area (Å²) in [6.45, 7) is 8.18. The second-order valence-electron chi connectivity index (χ2n) is 7.93. The molecule has 8 nitrogen and oxygen atoms in total. The summed E-state index contributed by atoms with van der Waals surface area (Å²) in [5.41, 5.74) is 1.06. The van der Waals surface area contributed by atoms with Gasteiger partial charge in [-0.2, -0.15) is 0 Å². The van der Waals surface area contributed by atoms with Crippen molar-refractivity contribution in [1.82, 2.24) is 0 Å². The van der Waals surface area contributed by atoms with Gasteiger partial charge in [0.15, 0.2) is 0 Å². The van der Waals surface area contributed by atoms with E-state index < -0.39 is 11.9 Å². The van der Waals surface area contributed by atoms with Crippen molar-refractivity contribution in [3.05, 3.63) is 96.1 Å². The highest BCUT2D eigenvalue weighted by Gasteiger charge is 2.14. The van der Waals surface area contributed by atoms with E-state index in [-0.39, 0.29) is 24.9 Å². The number of carbonyl (C=O) groups excluding carboxylic acids is 3. The molecule has 1 N–H and O–H groups in total. The van der Waals surface area contributed by atoms with Gasteiger partial charge in [0.05, 0.1) is 23.3 Å². The Hall–Kier alpha value is -4.59. The summed E-state index contributed by atoms with van der Waals surface area (Å²) < 4.78 is 26.8. The topological polar surface area (TPSA) is 102 Å². The third-order valence-corrected chi connectivity index (χ3v) is 4.85. The number of hydrogen-bond acceptors (Lipinski definition) is 7. The Morgan fingerprint density at radius 3 is 1.54 bits per heavy atom. The number of ether oxygens (including phenoxy) is 5. The molecular formula is C29H29O8+. The van der Waals surface area contributed by atoms with Crippen molar-refractivity contribution in [2.75, 3.05) is 19.8 Å². The van der Waals surface area contributed by atoms with Crippen molar-refractivity contribution in [3.8, 4) is 23.0 Å². The normalized spacial score (nSPS) is 10.2. The molecule has 0 heterocycles. The van der Waals surface area contributed by atoms with Crippen LogP contribution in [0.2, 0.25) is 0 Å². The summed E-state index contributed by atoms with van der Waals surface area (Å²) in [6.07, 6.45) is 0.905. The third-order valence-electron chi connectivity index (χ3n) is 4.85. The van der Waals surface area contributed by atoms with Gasteiger partial charge in [-0.1, -0.05) is 13.5 Å². The van der Waals surface area contributed by atoms with E-state index in [4.69, 9.17) is 23.7 Å². The highest BCUT2D eigenvalue weighted by Crippen LogP contribution is 2.21. The smallest absolute Gasteiger partial charge is 0.494 e. The lowest BCUT2D eigenvalue weighted by Crippen LogP contribution is -2.13. The molecule has 0 radical (unpaired) electrons. The largest absolute Gasteiger partial charge is 0.512 e.